The standard InChI is InChI=1S/C25H31FN8O2/c1-33(2)23(35)11-15-3-5-17(6-4-15)30-22-13-19(29-16-7-8-16)24-28-14-20(34(24)32-22)25(36)31-18-9-10-27-21(26)12-18/h9-10,12-17,29H,3-8,11H2,1-2H3,(H,30,32)(H,27,31,36). The zero-order chi connectivity index (χ0) is 25.2. The van der Waals surface area contributed by atoms with Crippen LogP contribution >= 0.6 is 0 Å². The summed E-state index contributed by atoms with van der Waals surface area (Å²) in [4.78, 5) is 34.7. The minimum atomic E-state index is -0.674. The molecular formula is C25H31FN8O2. The molecule has 0 saturated heterocycles. The van der Waals surface area contributed by atoms with Gasteiger partial charge >= 0.3 is 0 Å². The summed E-state index contributed by atoms with van der Waals surface area (Å²) in [7, 11) is 3.59. The fourth-order valence-electron chi connectivity index (χ4n) is 4.57. The minimum absolute atomic E-state index is 0.176. The number of imidazole rings is 1. The second kappa shape index (κ2) is 10.1. The van der Waals surface area contributed by atoms with E-state index in [0.717, 1.165) is 50.3 Å². The molecule has 3 heterocycles. The molecule has 0 aliphatic heterocycles. The van der Waals surface area contributed by atoms with Crippen LogP contribution in [0.2, 0.25) is 0 Å². The lowest BCUT2D eigenvalue weighted by Gasteiger charge is -2.29. The van der Waals surface area contributed by atoms with Crippen molar-refractivity contribution in [1.82, 2.24) is 24.5 Å². The minimum Gasteiger partial charge on any atom is -0.379 e. The molecule has 190 valence electrons. The van der Waals surface area contributed by atoms with Gasteiger partial charge in [0, 0.05) is 56.6 Å². The molecule has 10 nitrogen and oxygen atoms in total. The largest absolute Gasteiger partial charge is 0.379 e. The van der Waals surface area contributed by atoms with E-state index in [1.807, 2.05) is 6.07 Å². The molecule has 36 heavy (non-hydrogen) atoms. The molecule has 0 atom stereocenters. The van der Waals surface area contributed by atoms with Crippen LogP contribution in [0.4, 0.5) is 21.6 Å². The first kappa shape index (κ1) is 24.0. The summed E-state index contributed by atoms with van der Waals surface area (Å²) in [6.45, 7) is 0. The van der Waals surface area contributed by atoms with Gasteiger partial charge in [0.15, 0.2) is 11.3 Å². The number of hydrogen-bond acceptors (Lipinski definition) is 7. The van der Waals surface area contributed by atoms with Crippen molar-refractivity contribution in [3.63, 3.8) is 0 Å². The summed E-state index contributed by atoms with van der Waals surface area (Å²) < 4.78 is 15.0. The summed E-state index contributed by atoms with van der Waals surface area (Å²) >= 11 is 0. The maximum atomic E-state index is 13.5. The Morgan fingerprint density at radius 3 is 2.47 bits per heavy atom. The lowest BCUT2D eigenvalue weighted by molar-refractivity contribution is -0.129. The number of fused-ring (bicyclic) bond motifs is 1. The number of hydrogen-bond donors (Lipinski definition) is 3. The van der Waals surface area contributed by atoms with Crippen LogP contribution < -0.4 is 16.0 Å². The molecule has 0 bridgehead atoms. The van der Waals surface area contributed by atoms with Crippen LogP contribution in [-0.2, 0) is 4.79 Å². The molecule has 11 heteroatoms. The SMILES string of the molecule is CN(C)C(=O)CC1CCC(Nc2cc(NC3CC3)c3ncc(C(=O)Nc4ccnc(F)c4)n3n2)CC1. The Morgan fingerprint density at radius 2 is 1.78 bits per heavy atom. The van der Waals surface area contributed by atoms with Crippen molar-refractivity contribution < 1.29 is 14.0 Å². The number of pyridine rings is 1. The number of amides is 2. The lowest BCUT2D eigenvalue weighted by Crippen LogP contribution is -2.30. The predicted octanol–water partition coefficient (Wildman–Crippen LogP) is 3.54. The number of carbonyl (C=O) groups is 2. The molecule has 0 aromatic carbocycles. The van der Waals surface area contributed by atoms with Crippen LogP contribution in [0, 0.1) is 11.9 Å². The highest BCUT2D eigenvalue weighted by molar-refractivity contribution is 6.03. The van der Waals surface area contributed by atoms with Gasteiger partial charge in [0.2, 0.25) is 11.9 Å². The third kappa shape index (κ3) is 5.55. The monoisotopic (exact) mass is 494 g/mol. The molecular weight excluding hydrogens is 463 g/mol. The second-order valence-corrected chi connectivity index (χ2v) is 9.92. The number of nitrogens with one attached hydrogen (secondary N) is 3. The fraction of sp³-hybridized carbons (Fsp3) is 0.480. The number of carbonyl (C=O) groups excluding carboxylic acids is 2. The van der Waals surface area contributed by atoms with Crippen LogP contribution in [0.1, 0.15) is 55.4 Å². The molecule has 2 fully saturated rings. The van der Waals surface area contributed by atoms with E-state index in [9.17, 15) is 14.0 Å². The second-order valence-electron chi connectivity index (χ2n) is 9.92. The summed E-state index contributed by atoms with van der Waals surface area (Å²) in [5, 5.41) is 14.4. The summed E-state index contributed by atoms with van der Waals surface area (Å²) in [6.07, 6.45) is 9.40. The number of nitrogens with zero attached hydrogens (tertiary/aromatic N) is 5. The van der Waals surface area contributed by atoms with E-state index in [4.69, 9.17) is 0 Å². The van der Waals surface area contributed by atoms with Gasteiger partial charge in [-0.05, 0) is 50.5 Å². The van der Waals surface area contributed by atoms with Gasteiger partial charge < -0.3 is 20.9 Å². The van der Waals surface area contributed by atoms with Gasteiger partial charge in [0.25, 0.3) is 5.91 Å². The van der Waals surface area contributed by atoms with Crippen molar-refractivity contribution in [2.24, 2.45) is 5.92 Å². The Labute approximate surface area is 208 Å². The normalized spacial score (nSPS) is 19.6. The maximum Gasteiger partial charge on any atom is 0.276 e. The van der Waals surface area contributed by atoms with Crippen LogP contribution in [0.5, 0.6) is 0 Å². The summed E-state index contributed by atoms with van der Waals surface area (Å²) in [6, 6.07) is 5.25. The molecule has 2 aliphatic rings. The van der Waals surface area contributed by atoms with Crippen molar-refractivity contribution in [1.29, 1.82) is 0 Å². The van der Waals surface area contributed by atoms with Gasteiger partial charge in [-0.15, -0.1) is 5.10 Å². The van der Waals surface area contributed by atoms with Gasteiger partial charge in [-0.3, -0.25) is 9.59 Å². The first-order valence-corrected chi connectivity index (χ1v) is 12.4. The quantitative estimate of drug-likeness (QED) is 0.410. The highest BCUT2D eigenvalue weighted by Crippen LogP contribution is 2.31. The molecule has 3 aromatic heterocycles. The molecule has 3 N–H and O–H groups in total. The number of aromatic nitrogens is 4. The first-order valence-electron chi connectivity index (χ1n) is 12.4. The van der Waals surface area contributed by atoms with E-state index < -0.39 is 11.9 Å². The fourth-order valence-corrected chi connectivity index (χ4v) is 4.57. The van der Waals surface area contributed by atoms with Crippen LogP contribution in [0.25, 0.3) is 5.65 Å². The van der Waals surface area contributed by atoms with Gasteiger partial charge in [0.1, 0.15) is 5.82 Å². The van der Waals surface area contributed by atoms with Crippen LogP contribution in [0.3, 0.4) is 0 Å². The first-order chi connectivity index (χ1) is 17.4. The predicted molar refractivity (Wildman–Crippen MR) is 134 cm³/mol. The average Bonchev–Trinajstić information content (AvgIpc) is 3.55. The van der Waals surface area contributed by atoms with E-state index in [1.54, 1.807) is 19.0 Å². The molecule has 3 aromatic rings. The van der Waals surface area contributed by atoms with Crippen LogP contribution in [-0.4, -0.2) is 62.5 Å². The van der Waals surface area contributed by atoms with Gasteiger partial charge in [0.05, 0.1) is 11.9 Å². The smallest absolute Gasteiger partial charge is 0.276 e. The van der Waals surface area contributed by atoms with Crippen molar-refractivity contribution >= 4 is 34.7 Å². The Morgan fingerprint density at radius 1 is 1.06 bits per heavy atom. The van der Waals surface area contributed by atoms with E-state index in [2.05, 4.69) is 31.0 Å². The van der Waals surface area contributed by atoms with E-state index >= 15 is 0 Å². The third-order valence-corrected chi connectivity index (χ3v) is 6.78. The van der Waals surface area contributed by atoms with Gasteiger partial charge in [-0.2, -0.15) is 4.39 Å². The Hall–Kier alpha value is -3.76. The molecule has 0 radical (unpaired) electrons. The highest BCUT2D eigenvalue weighted by Gasteiger charge is 2.26. The van der Waals surface area contributed by atoms with Crippen molar-refractivity contribution in [2.45, 2.75) is 57.0 Å². The molecule has 0 spiro atoms. The summed E-state index contributed by atoms with van der Waals surface area (Å²) in [5.41, 5.74) is 1.92. The van der Waals surface area contributed by atoms with Crippen molar-refractivity contribution in [3.05, 3.63) is 42.2 Å². The van der Waals surface area contributed by atoms with Crippen LogP contribution in [0.15, 0.2) is 30.6 Å². The topological polar surface area (TPSA) is 117 Å². The molecule has 2 aliphatic carbocycles. The van der Waals surface area contributed by atoms with E-state index in [0.29, 0.717) is 35.5 Å². The third-order valence-electron chi connectivity index (χ3n) is 6.78. The number of rotatable bonds is 8. The van der Waals surface area contributed by atoms with Crippen molar-refractivity contribution in [2.75, 3.05) is 30.0 Å². The maximum absolute atomic E-state index is 13.5. The Balaban J connectivity index is 1.33. The zero-order valence-electron chi connectivity index (χ0n) is 20.5. The molecule has 2 saturated carbocycles. The average molecular weight is 495 g/mol. The summed E-state index contributed by atoms with van der Waals surface area (Å²) in [5.74, 6) is 0.117. The molecule has 2 amide bonds. The van der Waals surface area contributed by atoms with E-state index in [1.165, 1.54) is 23.0 Å². The molecule has 0 unspecified atom stereocenters. The van der Waals surface area contributed by atoms with Gasteiger partial charge in [-0.25, -0.2) is 14.5 Å². The Kier molecular flexibility index (Phi) is 6.71. The van der Waals surface area contributed by atoms with Gasteiger partial charge in [-0.1, -0.05) is 0 Å². The van der Waals surface area contributed by atoms with E-state index in [-0.39, 0.29) is 17.6 Å². The number of anilines is 3. The van der Waals surface area contributed by atoms with Crippen molar-refractivity contribution in [3.8, 4) is 0 Å². The number of halogens is 1. The Bertz CT molecular complexity index is 1260. The lowest BCUT2D eigenvalue weighted by atomic mass is 9.84. The highest BCUT2D eigenvalue weighted by atomic mass is 19.1. The molecule has 5 rings (SSSR count). The zero-order valence-corrected chi connectivity index (χ0v) is 20.5.